The van der Waals surface area contributed by atoms with E-state index >= 15 is 0 Å². The molecule has 2 fully saturated rings. The second kappa shape index (κ2) is 6.39. The third-order valence-corrected chi connectivity index (χ3v) is 5.26. The van der Waals surface area contributed by atoms with E-state index in [1.165, 1.54) is 36.8 Å². The number of hydrogen-bond acceptors (Lipinski definition) is 3. The van der Waals surface area contributed by atoms with Crippen molar-refractivity contribution in [3.63, 3.8) is 0 Å². The molecular formula is C18H27N3O. The quantitative estimate of drug-likeness (QED) is 0.898. The number of nitrogens with one attached hydrogen (secondary N) is 2. The number of benzene rings is 1. The molecule has 0 aliphatic carbocycles. The summed E-state index contributed by atoms with van der Waals surface area (Å²) in [5.74, 6) is 0.0802. The first kappa shape index (κ1) is 15.5. The molecule has 2 aliphatic heterocycles. The first-order valence-corrected chi connectivity index (χ1v) is 8.34. The number of nitrogens with zero attached hydrogens (tertiary/aromatic N) is 1. The van der Waals surface area contributed by atoms with Crippen LogP contribution in [0.2, 0.25) is 0 Å². The zero-order valence-electron chi connectivity index (χ0n) is 13.9. The molecule has 1 amide bonds. The SMILES string of the molecule is Cc1ccc(NC(=O)CN(C)C2CC3CCC(C2)N3)cc1C. The minimum atomic E-state index is 0.0802. The van der Waals surface area contributed by atoms with Crippen LogP contribution in [0.5, 0.6) is 0 Å². The lowest BCUT2D eigenvalue weighted by Gasteiger charge is -2.35. The number of amides is 1. The van der Waals surface area contributed by atoms with Crippen LogP contribution >= 0.6 is 0 Å². The molecule has 2 unspecified atom stereocenters. The van der Waals surface area contributed by atoms with Crippen molar-refractivity contribution in [3.8, 4) is 0 Å². The maximum Gasteiger partial charge on any atom is 0.238 e. The highest BCUT2D eigenvalue weighted by Gasteiger charge is 2.35. The van der Waals surface area contributed by atoms with Crippen LogP contribution in [0.4, 0.5) is 5.69 Å². The van der Waals surface area contributed by atoms with Crippen molar-refractivity contribution in [2.45, 2.75) is 57.7 Å². The molecule has 2 heterocycles. The predicted molar refractivity (Wildman–Crippen MR) is 90.1 cm³/mol. The van der Waals surface area contributed by atoms with E-state index in [1.54, 1.807) is 0 Å². The van der Waals surface area contributed by atoms with Crippen molar-refractivity contribution in [1.82, 2.24) is 10.2 Å². The average molecular weight is 301 g/mol. The number of likely N-dealkylation sites (N-methyl/N-ethyl adjacent to an activating group) is 1. The zero-order valence-corrected chi connectivity index (χ0v) is 13.9. The number of anilines is 1. The van der Waals surface area contributed by atoms with Crippen LogP contribution in [0.15, 0.2) is 18.2 Å². The Kier molecular flexibility index (Phi) is 4.50. The van der Waals surface area contributed by atoms with Gasteiger partial charge in [0.2, 0.25) is 5.91 Å². The van der Waals surface area contributed by atoms with Crippen molar-refractivity contribution >= 4 is 11.6 Å². The second-order valence-corrected chi connectivity index (χ2v) is 7.03. The van der Waals surface area contributed by atoms with Crippen molar-refractivity contribution in [2.75, 3.05) is 18.9 Å². The summed E-state index contributed by atoms with van der Waals surface area (Å²) in [6, 6.07) is 7.93. The topological polar surface area (TPSA) is 44.4 Å². The van der Waals surface area contributed by atoms with Gasteiger partial charge in [-0.25, -0.2) is 0 Å². The van der Waals surface area contributed by atoms with Gasteiger partial charge in [-0.2, -0.15) is 0 Å². The van der Waals surface area contributed by atoms with Crippen LogP contribution in [0.1, 0.15) is 36.8 Å². The zero-order chi connectivity index (χ0) is 15.7. The van der Waals surface area contributed by atoms with Gasteiger partial charge in [-0.05, 0) is 69.8 Å². The van der Waals surface area contributed by atoms with Crippen LogP contribution in [0.25, 0.3) is 0 Å². The molecule has 0 spiro atoms. The lowest BCUT2D eigenvalue weighted by molar-refractivity contribution is -0.117. The molecule has 1 aromatic rings. The molecule has 2 aliphatic rings. The standard InChI is InChI=1S/C18H27N3O/c1-12-4-5-14(8-13(12)2)20-18(22)11-21(3)17-9-15-6-7-16(10-17)19-15/h4-5,8,15-17,19H,6-7,9-11H2,1-3H3,(H,20,22). The Balaban J connectivity index is 1.53. The molecule has 2 saturated heterocycles. The first-order chi connectivity index (χ1) is 10.5. The molecule has 1 aromatic carbocycles. The smallest absolute Gasteiger partial charge is 0.238 e. The fraction of sp³-hybridized carbons (Fsp3) is 0.611. The second-order valence-electron chi connectivity index (χ2n) is 7.03. The highest BCUT2D eigenvalue weighted by Crippen LogP contribution is 2.29. The number of aryl methyl sites for hydroxylation is 2. The Hall–Kier alpha value is -1.39. The van der Waals surface area contributed by atoms with Gasteiger partial charge in [0.1, 0.15) is 0 Å². The third kappa shape index (κ3) is 3.50. The fourth-order valence-corrected chi connectivity index (χ4v) is 3.76. The van der Waals surface area contributed by atoms with Gasteiger partial charge < -0.3 is 10.6 Å². The normalized spacial score (nSPS) is 27.2. The van der Waals surface area contributed by atoms with Gasteiger partial charge >= 0.3 is 0 Å². The first-order valence-electron chi connectivity index (χ1n) is 8.34. The molecule has 2 atom stereocenters. The average Bonchev–Trinajstić information content (AvgIpc) is 2.81. The summed E-state index contributed by atoms with van der Waals surface area (Å²) < 4.78 is 0. The van der Waals surface area contributed by atoms with Gasteiger partial charge in [0.25, 0.3) is 0 Å². The number of fused-ring (bicyclic) bond motifs is 2. The van der Waals surface area contributed by atoms with Crippen molar-refractivity contribution < 1.29 is 4.79 Å². The van der Waals surface area contributed by atoms with Gasteiger partial charge in [-0.3, -0.25) is 9.69 Å². The largest absolute Gasteiger partial charge is 0.325 e. The molecule has 3 rings (SSSR count). The third-order valence-electron chi connectivity index (χ3n) is 5.26. The van der Waals surface area contributed by atoms with Gasteiger partial charge in [0, 0.05) is 23.8 Å². The van der Waals surface area contributed by atoms with E-state index in [0.29, 0.717) is 24.7 Å². The van der Waals surface area contributed by atoms with Gasteiger partial charge in [-0.15, -0.1) is 0 Å². The summed E-state index contributed by atoms with van der Waals surface area (Å²) in [4.78, 5) is 14.5. The molecule has 2 bridgehead atoms. The van der Waals surface area contributed by atoms with Crippen LogP contribution in [-0.4, -0.2) is 42.5 Å². The lowest BCUT2D eigenvalue weighted by atomic mass is 9.98. The molecule has 4 nitrogen and oxygen atoms in total. The van der Waals surface area contributed by atoms with Crippen molar-refractivity contribution in [3.05, 3.63) is 29.3 Å². The highest BCUT2D eigenvalue weighted by atomic mass is 16.2. The summed E-state index contributed by atoms with van der Waals surface area (Å²) in [5, 5.41) is 6.67. The summed E-state index contributed by atoms with van der Waals surface area (Å²) >= 11 is 0. The number of carbonyl (C=O) groups excluding carboxylic acids is 1. The summed E-state index contributed by atoms with van der Waals surface area (Å²) in [6.45, 7) is 4.62. The van der Waals surface area contributed by atoms with Crippen molar-refractivity contribution in [1.29, 1.82) is 0 Å². The van der Waals surface area contributed by atoms with Crippen LogP contribution in [0.3, 0.4) is 0 Å². The Labute approximate surface area is 133 Å². The van der Waals surface area contributed by atoms with E-state index in [0.717, 1.165) is 5.69 Å². The molecule has 22 heavy (non-hydrogen) atoms. The van der Waals surface area contributed by atoms with E-state index < -0.39 is 0 Å². The monoisotopic (exact) mass is 301 g/mol. The highest BCUT2D eigenvalue weighted by molar-refractivity contribution is 5.92. The molecular weight excluding hydrogens is 274 g/mol. The van der Waals surface area contributed by atoms with E-state index in [9.17, 15) is 4.79 Å². The van der Waals surface area contributed by atoms with E-state index in [-0.39, 0.29) is 5.91 Å². The Morgan fingerprint density at radius 2 is 1.91 bits per heavy atom. The number of carbonyl (C=O) groups is 1. The molecule has 0 aromatic heterocycles. The molecule has 4 heteroatoms. The fourth-order valence-electron chi connectivity index (χ4n) is 3.76. The van der Waals surface area contributed by atoms with Crippen LogP contribution < -0.4 is 10.6 Å². The van der Waals surface area contributed by atoms with E-state index in [1.807, 2.05) is 12.1 Å². The lowest BCUT2D eigenvalue weighted by Crippen LogP contribution is -2.48. The Bertz CT molecular complexity index is 545. The molecule has 0 radical (unpaired) electrons. The minimum absolute atomic E-state index is 0.0802. The minimum Gasteiger partial charge on any atom is -0.325 e. The maximum atomic E-state index is 12.3. The predicted octanol–water partition coefficient (Wildman–Crippen LogP) is 2.46. The van der Waals surface area contributed by atoms with Crippen LogP contribution in [-0.2, 0) is 4.79 Å². The van der Waals surface area contributed by atoms with Gasteiger partial charge in [-0.1, -0.05) is 6.07 Å². The molecule has 0 saturated carbocycles. The number of hydrogen-bond donors (Lipinski definition) is 2. The summed E-state index contributed by atoms with van der Waals surface area (Å²) in [6.07, 6.45) is 4.93. The Morgan fingerprint density at radius 1 is 1.23 bits per heavy atom. The van der Waals surface area contributed by atoms with E-state index in [4.69, 9.17) is 0 Å². The van der Waals surface area contributed by atoms with Gasteiger partial charge in [0.05, 0.1) is 6.54 Å². The number of rotatable bonds is 4. The Morgan fingerprint density at radius 3 is 2.55 bits per heavy atom. The maximum absolute atomic E-state index is 12.3. The van der Waals surface area contributed by atoms with Crippen LogP contribution in [0, 0.1) is 13.8 Å². The summed E-state index contributed by atoms with van der Waals surface area (Å²) in [7, 11) is 2.08. The van der Waals surface area contributed by atoms with Gasteiger partial charge in [0.15, 0.2) is 0 Å². The van der Waals surface area contributed by atoms with E-state index in [2.05, 4.69) is 42.5 Å². The van der Waals surface area contributed by atoms with Crippen molar-refractivity contribution in [2.24, 2.45) is 0 Å². The number of piperidine rings is 1. The molecule has 2 N–H and O–H groups in total. The summed E-state index contributed by atoms with van der Waals surface area (Å²) in [5.41, 5.74) is 3.35. The molecule has 120 valence electrons.